The van der Waals surface area contributed by atoms with E-state index in [1.807, 2.05) is 0 Å². The molecule has 1 aliphatic heterocycles. The molecule has 1 heterocycles. The second-order valence-electron chi connectivity index (χ2n) is 1.76. The van der Waals surface area contributed by atoms with Gasteiger partial charge in [-0.15, -0.1) is 0 Å². The first-order valence-corrected chi connectivity index (χ1v) is 2.41. The Morgan fingerprint density at radius 1 is 1.43 bits per heavy atom. The van der Waals surface area contributed by atoms with Crippen LogP contribution in [0, 0.1) is 0 Å². The van der Waals surface area contributed by atoms with E-state index in [2.05, 4.69) is 18.5 Å². The van der Waals surface area contributed by atoms with Gasteiger partial charge in [0.15, 0.2) is 0 Å². The molecule has 1 fully saturated rings. The molecule has 0 spiro atoms. The average Bonchev–Trinajstić information content (AvgIpc) is 1.91. The van der Waals surface area contributed by atoms with Gasteiger partial charge in [0.25, 0.3) is 0 Å². The molecule has 0 amide bonds. The molecular weight excluding hydrogens is 86.1 g/mol. The fourth-order valence-corrected chi connectivity index (χ4v) is 0.640. The molecule has 38 valence electrons. The van der Waals surface area contributed by atoms with Crippen molar-refractivity contribution < 1.29 is 0 Å². The van der Waals surface area contributed by atoms with E-state index in [0.29, 0.717) is 0 Å². The molecule has 0 radical (unpaired) electrons. The minimum absolute atomic E-state index is 1.01. The number of allylic oxidation sites excluding steroid dienone is 1. The molecular formula is C6H9N. The van der Waals surface area contributed by atoms with Crippen molar-refractivity contribution in [1.82, 2.24) is 5.32 Å². The minimum atomic E-state index is 1.01. The van der Waals surface area contributed by atoms with Crippen LogP contribution in [-0.4, -0.2) is 6.54 Å². The molecule has 1 nitrogen and oxygen atoms in total. The third kappa shape index (κ3) is 0.660. The maximum Gasteiger partial charge on any atom is 0.0294 e. The fourth-order valence-electron chi connectivity index (χ4n) is 0.640. The second kappa shape index (κ2) is 1.41. The highest BCUT2D eigenvalue weighted by molar-refractivity contribution is 5.27. The smallest absolute Gasteiger partial charge is 0.0294 e. The summed E-state index contributed by atoms with van der Waals surface area (Å²) >= 11 is 0. The van der Waals surface area contributed by atoms with Crippen molar-refractivity contribution >= 4 is 0 Å². The highest BCUT2D eigenvalue weighted by Crippen LogP contribution is 2.11. The molecule has 0 atom stereocenters. The molecule has 0 aromatic carbocycles. The zero-order valence-corrected chi connectivity index (χ0v) is 4.33. The number of hydrogen-bond donors (Lipinski definition) is 1. The van der Waals surface area contributed by atoms with Gasteiger partial charge >= 0.3 is 0 Å². The molecule has 7 heavy (non-hydrogen) atoms. The summed E-state index contributed by atoms with van der Waals surface area (Å²) in [7, 11) is 0. The van der Waals surface area contributed by atoms with E-state index in [1.54, 1.807) is 0 Å². The van der Waals surface area contributed by atoms with Gasteiger partial charge in [0.2, 0.25) is 0 Å². The standard InChI is InChI=1S/C6H9N/c1-5-3-4-7-6(5)2/h7H,1-4H2. The number of nitrogens with one attached hydrogen (secondary N) is 1. The summed E-state index contributed by atoms with van der Waals surface area (Å²) in [5.41, 5.74) is 2.17. The summed E-state index contributed by atoms with van der Waals surface area (Å²) in [4.78, 5) is 0. The Morgan fingerprint density at radius 2 is 2.14 bits per heavy atom. The van der Waals surface area contributed by atoms with Crippen LogP contribution in [0.1, 0.15) is 6.42 Å². The molecule has 0 unspecified atom stereocenters. The van der Waals surface area contributed by atoms with E-state index in [0.717, 1.165) is 24.2 Å². The third-order valence-electron chi connectivity index (χ3n) is 1.19. The lowest BCUT2D eigenvalue weighted by atomic mass is 10.2. The Morgan fingerprint density at radius 3 is 2.29 bits per heavy atom. The van der Waals surface area contributed by atoms with Crippen LogP contribution >= 0.6 is 0 Å². The molecule has 0 aliphatic carbocycles. The van der Waals surface area contributed by atoms with Crippen molar-refractivity contribution in [2.24, 2.45) is 0 Å². The molecule has 0 saturated carbocycles. The monoisotopic (exact) mass is 95.1 g/mol. The summed E-state index contributed by atoms with van der Waals surface area (Å²) in [6, 6.07) is 0. The zero-order valence-electron chi connectivity index (χ0n) is 4.33. The summed E-state index contributed by atoms with van der Waals surface area (Å²) in [6.07, 6.45) is 1.07. The summed E-state index contributed by atoms with van der Waals surface area (Å²) in [5, 5.41) is 3.08. The van der Waals surface area contributed by atoms with Gasteiger partial charge in [-0.05, 0) is 12.0 Å². The largest absolute Gasteiger partial charge is 0.385 e. The summed E-state index contributed by atoms with van der Waals surface area (Å²) in [6.45, 7) is 8.52. The van der Waals surface area contributed by atoms with Crippen LogP contribution in [0.5, 0.6) is 0 Å². The van der Waals surface area contributed by atoms with Gasteiger partial charge < -0.3 is 5.32 Å². The number of rotatable bonds is 0. The molecule has 1 saturated heterocycles. The Labute approximate surface area is 43.7 Å². The summed E-state index contributed by atoms with van der Waals surface area (Å²) in [5.74, 6) is 0. The van der Waals surface area contributed by atoms with E-state index in [9.17, 15) is 0 Å². The van der Waals surface area contributed by atoms with Gasteiger partial charge in [0.1, 0.15) is 0 Å². The van der Waals surface area contributed by atoms with E-state index >= 15 is 0 Å². The van der Waals surface area contributed by atoms with E-state index < -0.39 is 0 Å². The molecule has 0 aromatic rings. The molecule has 1 heteroatoms. The Bertz CT molecular complexity index is 99.3. The fraction of sp³-hybridized carbons (Fsp3) is 0.333. The van der Waals surface area contributed by atoms with Crippen molar-refractivity contribution in [1.29, 1.82) is 0 Å². The van der Waals surface area contributed by atoms with Crippen LogP contribution in [0.15, 0.2) is 24.4 Å². The molecule has 0 bridgehead atoms. The van der Waals surface area contributed by atoms with Crippen molar-refractivity contribution in [3.8, 4) is 0 Å². The van der Waals surface area contributed by atoms with Crippen LogP contribution in [0.3, 0.4) is 0 Å². The Hall–Kier alpha value is -0.720. The topological polar surface area (TPSA) is 12.0 Å². The molecule has 0 aromatic heterocycles. The third-order valence-corrected chi connectivity index (χ3v) is 1.19. The van der Waals surface area contributed by atoms with Crippen LogP contribution in [-0.2, 0) is 0 Å². The number of hydrogen-bond acceptors (Lipinski definition) is 1. The van der Waals surface area contributed by atoms with E-state index in [1.165, 1.54) is 0 Å². The SMILES string of the molecule is C=C1CCNC1=C. The zero-order chi connectivity index (χ0) is 5.28. The highest BCUT2D eigenvalue weighted by atomic mass is 14.9. The van der Waals surface area contributed by atoms with Crippen molar-refractivity contribution in [2.75, 3.05) is 6.54 Å². The van der Waals surface area contributed by atoms with Crippen molar-refractivity contribution in [2.45, 2.75) is 6.42 Å². The van der Waals surface area contributed by atoms with Gasteiger partial charge in [-0.1, -0.05) is 13.2 Å². The van der Waals surface area contributed by atoms with Crippen LogP contribution < -0.4 is 5.32 Å². The van der Waals surface area contributed by atoms with Gasteiger partial charge in [0, 0.05) is 12.2 Å². The maximum atomic E-state index is 3.77. The van der Waals surface area contributed by atoms with E-state index in [4.69, 9.17) is 0 Å². The highest BCUT2D eigenvalue weighted by Gasteiger charge is 2.05. The van der Waals surface area contributed by atoms with Gasteiger partial charge in [-0.25, -0.2) is 0 Å². The van der Waals surface area contributed by atoms with Crippen molar-refractivity contribution in [3.63, 3.8) is 0 Å². The second-order valence-corrected chi connectivity index (χ2v) is 1.76. The van der Waals surface area contributed by atoms with Gasteiger partial charge in [-0.3, -0.25) is 0 Å². The van der Waals surface area contributed by atoms with Gasteiger partial charge in [0.05, 0.1) is 0 Å². The first kappa shape index (κ1) is 4.44. The maximum absolute atomic E-state index is 3.77. The lowest BCUT2D eigenvalue weighted by Gasteiger charge is -1.90. The predicted molar refractivity (Wildman–Crippen MR) is 30.9 cm³/mol. The van der Waals surface area contributed by atoms with Gasteiger partial charge in [-0.2, -0.15) is 0 Å². The van der Waals surface area contributed by atoms with Crippen LogP contribution in [0.25, 0.3) is 0 Å². The lowest BCUT2D eigenvalue weighted by Crippen LogP contribution is -2.01. The predicted octanol–water partition coefficient (Wildman–Crippen LogP) is 1.05. The first-order chi connectivity index (χ1) is 3.30. The minimum Gasteiger partial charge on any atom is -0.385 e. The molecule has 1 N–H and O–H groups in total. The van der Waals surface area contributed by atoms with Crippen molar-refractivity contribution in [3.05, 3.63) is 24.4 Å². The van der Waals surface area contributed by atoms with E-state index in [-0.39, 0.29) is 0 Å². The lowest BCUT2D eigenvalue weighted by molar-refractivity contribution is 0.917. The normalized spacial score (nSPS) is 20.0. The Kier molecular flexibility index (Phi) is 0.895. The van der Waals surface area contributed by atoms with Crippen LogP contribution in [0.4, 0.5) is 0 Å². The quantitative estimate of drug-likeness (QED) is 0.474. The summed E-state index contributed by atoms with van der Waals surface area (Å²) < 4.78 is 0. The first-order valence-electron chi connectivity index (χ1n) is 2.41. The molecule has 1 aliphatic rings. The Balaban J connectivity index is 2.65. The molecule has 1 rings (SSSR count). The average molecular weight is 95.1 g/mol. The van der Waals surface area contributed by atoms with Crippen LogP contribution in [0.2, 0.25) is 0 Å².